The Morgan fingerprint density at radius 2 is 1.11 bits per heavy atom. The van der Waals surface area contributed by atoms with Crippen molar-refractivity contribution in [1.82, 2.24) is 9.55 Å². The van der Waals surface area contributed by atoms with E-state index < -0.39 is 0 Å². The average Bonchev–Trinajstić information content (AvgIpc) is 4.00. The number of benzene rings is 7. The third-order valence-corrected chi connectivity index (χ3v) is 15.0. The van der Waals surface area contributed by atoms with Gasteiger partial charge in [-0.15, -0.1) is 42.7 Å². The first-order valence-electron chi connectivity index (χ1n) is 24.5. The zero-order chi connectivity index (χ0) is 49.1. The fraction of sp³-hybridized carbons (Fsp3) is 0.250. The predicted octanol–water partition coefficient (Wildman–Crippen LogP) is 18.2. The van der Waals surface area contributed by atoms with Gasteiger partial charge in [0.1, 0.15) is 5.82 Å². The molecule has 0 N–H and O–H groups in total. The molecule has 0 spiro atoms. The van der Waals surface area contributed by atoms with Gasteiger partial charge in [-0.1, -0.05) is 178 Å². The van der Waals surface area contributed by atoms with E-state index >= 15 is 0 Å². The number of pyridine rings is 1. The molecular formula is C64H61N4OPtS-3. The van der Waals surface area contributed by atoms with Crippen molar-refractivity contribution in [1.29, 1.82) is 0 Å². The molecule has 0 atom stereocenters. The molecule has 1 aliphatic rings. The maximum absolute atomic E-state index is 6.84. The molecule has 0 aliphatic carbocycles. The summed E-state index contributed by atoms with van der Waals surface area (Å²) in [7, 11) is 0. The van der Waals surface area contributed by atoms with Crippen LogP contribution in [0.1, 0.15) is 105 Å². The Balaban J connectivity index is 0.00000582. The Hall–Kier alpha value is -6.20. The number of hydrogen-bond donors (Lipinski definition) is 0. The average molecular weight is 1130 g/mol. The summed E-state index contributed by atoms with van der Waals surface area (Å²) in [5, 5.41) is 2.43. The summed E-state index contributed by atoms with van der Waals surface area (Å²) in [6.07, 6.45) is 1.92. The fourth-order valence-corrected chi connectivity index (χ4v) is 11.1. The number of anilines is 4. The van der Waals surface area contributed by atoms with Gasteiger partial charge in [0.15, 0.2) is 0 Å². The van der Waals surface area contributed by atoms with Gasteiger partial charge in [0.05, 0.1) is 0 Å². The van der Waals surface area contributed by atoms with Gasteiger partial charge in [-0.05, 0) is 96.8 Å². The molecule has 0 amide bonds. The molecule has 0 saturated heterocycles. The van der Waals surface area contributed by atoms with Crippen LogP contribution in [0.25, 0.3) is 59.3 Å². The van der Waals surface area contributed by atoms with E-state index in [9.17, 15) is 0 Å². The second kappa shape index (κ2) is 17.5. The second-order valence-electron chi connectivity index (χ2n) is 23.1. The third kappa shape index (κ3) is 8.76. The first-order chi connectivity index (χ1) is 33.2. The number of rotatable bonds is 7. The number of para-hydroxylation sites is 3. The van der Waals surface area contributed by atoms with Gasteiger partial charge < -0.3 is 19.1 Å². The van der Waals surface area contributed by atoms with E-state index in [0.29, 0.717) is 11.5 Å². The topological polar surface area (TPSA) is 33.5 Å². The molecule has 0 radical (unpaired) electrons. The minimum absolute atomic E-state index is 0. The zero-order valence-electron chi connectivity index (χ0n) is 42.9. The van der Waals surface area contributed by atoms with Crippen molar-refractivity contribution in [2.24, 2.45) is 0 Å². The van der Waals surface area contributed by atoms with Gasteiger partial charge in [-0.3, -0.25) is 0 Å². The van der Waals surface area contributed by atoms with E-state index in [1.165, 1.54) is 54.4 Å². The van der Waals surface area contributed by atoms with Crippen LogP contribution in [-0.2, 0) is 42.7 Å². The van der Waals surface area contributed by atoms with Crippen LogP contribution in [0.2, 0.25) is 0 Å². The van der Waals surface area contributed by atoms with E-state index in [0.717, 1.165) is 49.9 Å². The predicted molar refractivity (Wildman–Crippen MR) is 296 cm³/mol. The quantitative estimate of drug-likeness (QED) is 0.149. The van der Waals surface area contributed by atoms with E-state index in [4.69, 9.17) is 9.72 Å². The van der Waals surface area contributed by atoms with Crippen LogP contribution >= 0.6 is 11.3 Å². The van der Waals surface area contributed by atoms with Gasteiger partial charge in [0.2, 0.25) is 0 Å². The van der Waals surface area contributed by atoms with Crippen LogP contribution in [0.5, 0.6) is 11.5 Å². The summed E-state index contributed by atoms with van der Waals surface area (Å²) in [6.45, 7) is 29.7. The first kappa shape index (κ1) is 48.4. The largest absolute Gasteiger partial charge is 0.509 e. The number of hydrogen-bond acceptors (Lipinski definition) is 5. The maximum Gasteiger partial charge on any atom is 0.135 e. The molecule has 7 aromatic carbocycles. The van der Waals surface area contributed by atoms with Crippen LogP contribution in [0.15, 0.2) is 146 Å². The van der Waals surface area contributed by atoms with Crippen molar-refractivity contribution in [3.8, 4) is 39.6 Å². The number of thiophene rings is 1. The van der Waals surface area contributed by atoms with Crippen molar-refractivity contribution in [3.63, 3.8) is 0 Å². The first-order valence-corrected chi connectivity index (χ1v) is 25.3. The van der Waals surface area contributed by atoms with Crippen molar-refractivity contribution in [3.05, 3.63) is 187 Å². The van der Waals surface area contributed by atoms with Gasteiger partial charge in [0, 0.05) is 77.2 Å². The minimum atomic E-state index is -0.0437. The van der Waals surface area contributed by atoms with Crippen LogP contribution in [-0.4, -0.2) is 9.55 Å². The molecule has 0 bridgehead atoms. The Kier molecular flexibility index (Phi) is 12.0. The van der Waals surface area contributed by atoms with E-state index in [1.807, 2.05) is 12.3 Å². The molecule has 0 fully saturated rings. The van der Waals surface area contributed by atoms with Crippen LogP contribution in [0.4, 0.5) is 22.7 Å². The number of aromatic nitrogens is 2. The summed E-state index contributed by atoms with van der Waals surface area (Å²) < 4.78 is 11.5. The third-order valence-electron chi connectivity index (χ3n) is 13.9. The van der Waals surface area contributed by atoms with Crippen molar-refractivity contribution < 1.29 is 25.8 Å². The summed E-state index contributed by atoms with van der Waals surface area (Å²) in [6, 6.07) is 58.4. The van der Waals surface area contributed by atoms with Gasteiger partial charge in [0.25, 0.3) is 0 Å². The summed E-state index contributed by atoms with van der Waals surface area (Å²) in [5.74, 6) is 2.12. The zero-order valence-corrected chi connectivity index (χ0v) is 45.9. The molecule has 10 aromatic rings. The Labute approximate surface area is 438 Å². The standard InChI is InChI=1S/C64H61N4OS.Pt/c1-61(2,3)42-20-15-19-40(31-42)49-23-17-24-50(41-32-44(63(7,8)9)34-45(33-41)64(10,11)12)60(49)67-39-66(51-25-13-14-26-52(51)67)46-21-16-22-47(36-46)69-48-37-54-59-56(38-48)70-55-28-18-27-53(58(55)59)68(54)57-35-43(29-30-65-57)62(4,5)6;/h13-35,38-39H,1-12H3;/q-3;. The molecule has 5 nitrogen and oxygen atoms in total. The monoisotopic (exact) mass is 1130 g/mol. The van der Waals surface area contributed by atoms with E-state index in [1.54, 1.807) is 11.3 Å². The van der Waals surface area contributed by atoms with E-state index in [2.05, 4.69) is 250 Å². The molecule has 362 valence electrons. The molecule has 7 heteroatoms. The number of ether oxygens (including phenoxy) is 1. The van der Waals surface area contributed by atoms with Gasteiger partial charge in [-0.2, -0.15) is 17.4 Å². The molecule has 3 aromatic heterocycles. The number of fused-ring (bicyclic) bond motifs is 1. The number of nitrogens with zero attached hydrogens (tertiary/aromatic N) is 4. The van der Waals surface area contributed by atoms with Crippen molar-refractivity contribution in [2.45, 2.75) is 105 Å². The SMILES string of the molecule is CC(C)(C)c1cccc(-c2cccc(-c3cc(C(C)(C)C)cc(C(C)(C)C)c3)c2N2[CH-]N(c3[c-]c(Oc4[c-]c5c6c(c4)sc4cccc(c46)n5-c4cc(C(C)(C)C)ccn4)ccc3)c3ccccc32)c1.[Pt]. The van der Waals surface area contributed by atoms with Crippen LogP contribution < -0.4 is 14.5 Å². The molecule has 11 rings (SSSR count). The Morgan fingerprint density at radius 3 is 1.80 bits per heavy atom. The summed E-state index contributed by atoms with van der Waals surface area (Å²) >= 11 is 1.79. The molecule has 71 heavy (non-hydrogen) atoms. The van der Waals surface area contributed by atoms with Crippen LogP contribution in [0.3, 0.4) is 0 Å². The molecular weight excluding hydrogens is 1070 g/mol. The molecule has 0 unspecified atom stereocenters. The molecule has 0 saturated carbocycles. The maximum atomic E-state index is 6.84. The normalized spacial score (nSPS) is 13.4. The minimum Gasteiger partial charge on any atom is -0.509 e. The smallest absolute Gasteiger partial charge is 0.135 e. The molecule has 4 heterocycles. The Morgan fingerprint density at radius 1 is 0.507 bits per heavy atom. The van der Waals surface area contributed by atoms with Crippen LogP contribution in [0, 0.1) is 18.8 Å². The van der Waals surface area contributed by atoms with Crippen molar-refractivity contribution in [2.75, 3.05) is 9.80 Å². The summed E-state index contributed by atoms with van der Waals surface area (Å²) in [4.78, 5) is 9.56. The summed E-state index contributed by atoms with van der Waals surface area (Å²) in [5.41, 5.74) is 16.0. The van der Waals surface area contributed by atoms with E-state index in [-0.39, 0.29) is 42.7 Å². The fourth-order valence-electron chi connectivity index (χ4n) is 9.90. The molecule has 1 aliphatic heterocycles. The van der Waals surface area contributed by atoms with Gasteiger partial charge in [-0.25, -0.2) is 4.98 Å². The van der Waals surface area contributed by atoms with Crippen molar-refractivity contribution >= 4 is 65.3 Å². The Bertz CT molecular complexity index is 3590. The second-order valence-corrected chi connectivity index (χ2v) is 24.2. The van der Waals surface area contributed by atoms with Gasteiger partial charge >= 0.3 is 0 Å².